The van der Waals surface area contributed by atoms with E-state index in [1.165, 1.54) is 0 Å². The molecule has 0 radical (unpaired) electrons. The molecule has 0 bridgehead atoms. The van der Waals surface area contributed by atoms with Crippen LogP contribution in [0.25, 0.3) is 0 Å². The summed E-state index contributed by atoms with van der Waals surface area (Å²) >= 11 is 4.58. The Hall–Kier alpha value is -0.900. The number of hydrogen-bond donors (Lipinski definition) is 2. The first-order valence-electron chi connectivity index (χ1n) is 4.20. The number of hydrogen-bond acceptors (Lipinski definition) is 2. The second-order valence-electron chi connectivity index (χ2n) is 3.23. The van der Waals surface area contributed by atoms with Gasteiger partial charge >= 0.3 is 0 Å². The van der Waals surface area contributed by atoms with E-state index in [4.69, 9.17) is 5.73 Å². The highest BCUT2D eigenvalue weighted by Gasteiger charge is 2.20. The van der Waals surface area contributed by atoms with Crippen LogP contribution in [-0.2, 0) is 4.79 Å². The van der Waals surface area contributed by atoms with Crippen LogP contribution in [0.5, 0.6) is 0 Å². The molecule has 1 amide bonds. The van der Waals surface area contributed by atoms with Crippen LogP contribution in [0.4, 0.5) is 0 Å². The molecular formula is C9H16N2OS. The number of carbonyl (C=O) groups is 1. The summed E-state index contributed by atoms with van der Waals surface area (Å²) in [6, 6.07) is 0. The van der Waals surface area contributed by atoms with Crippen molar-refractivity contribution >= 4 is 23.2 Å². The quantitative estimate of drug-likeness (QED) is 0.529. The van der Waals surface area contributed by atoms with Gasteiger partial charge in [0, 0.05) is 5.92 Å². The monoisotopic (exact) mass is 200 g/mol. The number of rotatable bonds is 4. The van der Waals surface area contributed by atoms with Crippen LogP contribution in [0.1, 0.15) is 20.3 Å². The molecule has 4 heteroatoms. The molecule has 1 atom stereocenters. The molecule has 0 aliphatic rings. The molecule has 74 valence electrons. The summed E-state index contributed by atoms with van der Waals surface area (Å²) in [6.45, 7) is 7.56. The Balaban J connectivity index is 4.27. The van der Waals surface area contributed by atoms with Crippen LogP contribution in [0.3, 0.4) is 0 Å². The second-order valence-corrected chi connectivity index (χ2v) is 3.67. The van der Waals surface area contributed by atoms with E-state index >= 15 is 0 Å². The van der Waals surface area contributed by atoms with Crippen LogP contribution in [0.2, 0.25) is 0 Å². The number of allylic oxidation sites excluding steroid dienone is 1. The highest BCUT2D eigenvalue weighted by atomic mass is 32.1. The van der Waals surface area contributed by atoms with Crippen molar-refractivity contribution in [2.75, 3.05) is 0 Å². The van der Waals surface area contributed by atoms with Crippen molar-refractivity contribution in [3.8, 4) is 0 Å². The van der Waals surface area contributed by atoms with Crippen molar-refractivity contribution in [1.29, 1.82) is 0 Å². The number of amides is 1. The smallest absolute Gasteiger partial charge is 0.229 e. The minimum atomic E-state index is -0.123. The molecule has 13 heavy (non-hydrogen) atoms. The lowest BCUT2D eigenvalue weighted by molar-refractivity contribution is -0.124. The van der Waals surface area contributed by atoms with Gasteiger partial charge in [0.15, 0.2) is 5.11 Å². The fourth-order valence-corrected chi connectivity index (χ4v) is 1.18. The topological polar surface area (TPSA) is 55.1 Å². The van der Waals surface area contributed by atoms with E-state index in [0.29, 0.717) is 6.42 Å². The van der Waals surface area contributed by atoms with E-state index < -0.39 is 0 Å². The number of nitrogens with one attached hydrogen (secondary N) is 1. The molecule has 0 spiro atoms. The zero-order valence-electron chi connectivity index (χ0n) is 8.04. The third-order valence-corrected chi connectivity index (χ3v) is 1.91. The lowest BCUT2D eigenvalue weighted by Crippen LogP contribution is -2.40. The van der Waals surface area contributed by atoms with E-state index in [9.17, 15) is 4.79 Å². The van der Waals surface area contributed by atoms with Gasteiger partial charge in [-0.25, -0.2) is 0 Å². The molecule has 0 heterocycles. The molecule has 0 aliphatic carbocycles. The van der Waals surface area contributed by atoms with E-state index in [1.807, 2.05) is 13.8 Å². The average Bonchev–Trinajstić information content (AvgIpc) is 1.97. The van der Waals surface area contributed by atoms with Gasteiger partial charge in [-0.2, -0.15) is 0 Å². The minimum absolute atomic E-state index is 0.0275. The molecule has 0 saturated heterocycles. The maximum atomic E-state index is 11.5. The van der Waals surface area contributed by atoms with Crippen LogP contribution >= 0.6 is 12.2 Å². The van der Waals surface area contributed by atoms with Gasteiger partial charge in [0.2, 0.25) is 5.91 Å². The van der Waals surface area contributed by atoms with E-state index in [-0.39, 0.29) is 22.9 Å². The van der Waals surface area contributed by atoms with Crippen molar-refractivity contribution in [1.82, 2.24) is 5.32 Å². The van der Waals surface area contributed by atoms with E-state index in [1.54, 1.807) is 6.08 Å². The number of nitrogens with two attached hydrogens (primary N) is 1. The van der Waals surface area contributed by atoms with Gasteiger partial charge in [-0.3, -0.25) is 4.79 Å². The first kappa shape index (κ1) is 12.1. The Morgan fingerprint density at radius 1 is 1.69 bits per heavy atom. The number of thiocarbonyl (C=S) groups is 1. The third-order valence-electron chi connectivity index (χ3n) is 1.81. The van der Waals surface area contributed by atoms with Crippen LogP contribution < -0.4 is 11.1 Å². The maximum absolute atomic E-state index is 11.5. The Kier molecular flexibility index (Phi) is 5.30. The molecule has 1 unspecified atom stereocenters. The van der Waals surface area contributed by atoms with Gasteiger partial charge in [-0.1, -0.05) is 19.9 Å². The average molecular weight is 200 g/mol. The summed E-state index contributed by atoms with van der Waals surface area (Å²) in [5.74, 6) is 0.0359. The normalized spacial score (nSPS) is 12.2. The summed E-state index contributed by atoms with van der Waals surface area (Å²) in [5, 5.41) is 2.46. The molecular weight excluding hydrogens is 184 g/mol. The summed E-state index contributed by atoms with van der Waals surface area (Å²) in [7, 11) is 0. The molecule has 3 N–H and O–H groups in total. The summed E-state index contributed by atoms with van der Waals surface area (Å²) in [6.07, 6.45) is 2.37. The predicted octanol–water partition coefficient (Wildman–Crippen LogP) is 1.19. The zero-order chi connectivity index (χ0) is 10.4. The second kappa shape index (κ2) is 5.70. The lowest BCUT2D eigenvalue weighted by atomic mass is 9.92. The van der Waals surface area contributed by atoms with Crippen molar-refractivity contribution in [2.24, 2.45) is 17.6 Å². The zero-order valence-corrected chi connectivity index (χ0v) is 8.86. The summed E-state index contributed by atoms with van der Waals surface area (Å²) in [4.78, 5) is 11.5. The molecule has 0 aromatic rings. The van der Waals surface area contributed by atoms with Gasteiger partial charge in [0.05, 0.1) is 0 Å². The van der Waals surface area contributed by atoms with Crippen LogP contribution in [0.15, 0.2) is 12.7 Å². The predicted molar refractivity (Wildman–Crippen MR) is 58.1 cm³/mol. The van der Waals surface area contributed by atoms with E-state index in [0.717, 1.165) is 0 Å². The molecule has 0 aliphatic heterocycles. The van der Waals surface area contributed by atoms with Crippen molar-refractivity contribution in [3.05, 3.63) is 12.7 Å². The molecule has 0 rings (SSSR count). The largest absolute Gasteiger partial charge is 0.376 e. The Labute approximate surface area is 84.4 Å². The van der Waals surface area contributed by atoms with Gasteiger partial charge in [0.25, 0.3) is 0 Å². The van der Waals surface area contributed by atoms with Gasteiger partial charge in [-0.15, -0.1) is 6.58 Å². The fourth-order valence-electron chi connectivity index (χ4n) is 1.08. The van der Waals surface area contributed by atoms with Crippen LogP contribution in [0, 0.1) is 11.8 Å². The summed E-state index contributed by atoms with van der Waals surface area (Å²) < 4.78 is 0. The third kappa shape index (κ3) is 4.62. The molecule has 3 nitrogen and oxygen atoms in total. The van der Waals surface area contributed by atoms with Gasteiger partial charge < -0.3 is 11.1 Å². The van der Waals surface area contributed by atoms with Crippen molar-refractivity contribution < 1.29 is 4.79 Å². The molecule has 0 aromatic heterocycles. The van der Waals surface area contributed by atoms with Crippen molar-refractivity contribution in [2.45, 2.75) is 20.3 Å². The first-order valence-corrected chi connectivity index (χ1v) is 4.61. The SMILES string of the molecule is C=CCC(C(=O)NC(N)=S)C(C)C. The molecule has 0 fully saturated rings. The Morgan fingerprint density at radius 2 is 2.23 bits per heavy atom. The first-order chi connectivity index (χ1) is 5.99. The Morgan fingerprint density at radius 3 is 2.54 bits per heavy atom. The fraction of sp³-hybridized carbons (Fsp3) is 0.556. The van der Waals surface area contributed by atoms with Crippen molar-refractivity contribution in [3.63, 3.8) is 0 Å². The minimum Gasteiger partial charge on any atom is -0.376 e. The highest BCUT2D eigenvalue weighted by molar-refractivity contribution is 7.80. The Bertz CT molecular complexity index is 214. The highest BCUT2D eigenvalue weighted by Crippen LogP contribution is 2.15. The van der Waals surface area contributed by atoms with E-state index in [2.05, 4.69) is 24.1 Å². The van der Waals surface area contributed by atoms with Crippen LogP contribution in [-0.4, -0.2) is 11.0 Å². The molecule has 0 saturated carbocycles. The summed E-state index contributed by atoms with van der Waals surface area (Å²) in [5.41, 5.74) is 5.20. The molecule has 0 aromatic carbocycles. The lowest BCUT2D eigenvalue weighted by Gasteiger charge is -2.17. The van der Waals surface area contributed by atoms with Gasteiger partial charge in [-0.05, 0) is 24.6 Å². The maximum Gasteiger partial charge on any atom is 0.229 e. The van der Waals surface area contributed by atoms with Gasteiger partial charge in [0.1, 0.15) is 0 Å². The standard InChI is InChI=1S/C9H16N2OS/c1-4-5-7(6(2)3)8(12)11-9(10)13/h4,6-7H,1,5H2,2-3H3,(H3,10,11,12,13). The number of carbonyl (C=O) groups excluding carboxylic acids is 1.